The van der Waals surface area contributed by atoms with Crippen molar-refractivity contribution < 1.29 is 0 Å². The summed E-state index contributed by atoms with van der Waals surface area (Å²) in [6.45, 7) is 7.07. The van der Waals surface area contributed by atoms with E-state index in [1.807, 2.05) is 0 Å². The lowest BCUT2D eigenvalue weighted by Crippen LogP contribution is -2.53. The monoisotopic (exact) mass is 181 g/mol. The van der Waals surface area contributed by atoms with E-state index >= 15 is 0 Å². The van der Waals surface area contributed by atoms with E-state index in [0.29, 0.717) is 11.5 Å². The summed E-state index contributed by atoms with van der Waals surface area (Å²) in [6.07, 6.45) is 5.65. The highest BCUT2D eigenvalue weighted by Gasteiger charge is 2.53. The predicted octanol–water partition coefficient (Wildman–Crippen LogP) is 2.80. The Morgan fingerprint density at radius 2 is 2.08 bits per heavy atom. The molecule has 4 atom stereocenters. The Bertz CT molecular complexity index is 193. The molecule has 2 N–H and O–H groups in total. The highest BCUT2D eigenvalue weighted by molar-refractivity contribution is 5.03. The molecule has 2 bridgehead atoms. The van der Waals surface area contributed by atoms with Gasteiger partial charge in [0.2, 0.25) is 0 Å². The second-order valence-electron chi connectivity index (χ2n) is 5.91. The molecule has 76 valence electrons. The highest BCUT2D eigenvalue weighted by atomic mass is 14.6. The number of hydrogen-bond donors (Lipinski definition) is 1. The van der Waals surface area contributed by atoms with Crippen molar-refractivity contribution >= 4 is 0 Å². The molecule has 0 aromatic rings. The molecule has 3 unspecified atom stereocenters. The zero-order chi connectivity index (χ0) is 9.64. The van der Waals surface area contributed by atoms with E-state index in [2.05, 4.69) is 20.8 Å². The van der Waals surface area contributed by atoms with E-state index < -0.39 is 0 Å². The molecule has 0 aliphatic heterocycles. The van der Waals surface area contributed by atoms with Crippen LogP contribution < -0.4 is 5.73 Å². The third kappa shape index (κ3) is 1.41. The summed E-state index contributed by atoms with van der Waals surface area (Å²) >= 11 is 0. The first-order valence-electron chi connectivity index (χ1n) is 5.77. The van der Waals surface area contributed by atoms with Gasteiger partial charge in [0.15, 0.2) is 0 Å². The van der Waals surface area contributed by atoms with Gasteiger partial charge in [-0.15, -0.1) is 0 Å². The zero-order valence-corrected chi connectivity index (χ0v) is 9.22. The Morgan fingerprint density at radius 1 is 1.38 bits per heavy atom. The first kappa shape index (κ1) is 9.51. The van der Waals surface area contributed by atoms with Crippen LogP contribution in [0.2, 0.25) is 0 Å². The fourth-order valence-electron chi connectivity index (χ4n) is 3.72. The molecule has 3 rings (SSSR count). The van der Waals surface area contributed by atoms with E-state index in [9.17, 15) is 0 Å². The van der Waals surface area contributed by atoms with Crippen molar-refractivity contribution in [3.8, 4) is 0 Å². The van der Waals surface area contributed by atoms with E-state index in [4.69, 9.17) is 5.73 Å². The van der Waals surface area contributed by atoms with Crippen molar-refractivity contribution in [2.45, 2.75) is 52.5 Å². The van der Waals surface area contributed by atoms with Gasteiger partial charge < -0.3 is 5.73 Å². The molecule has 0 spiro atoms. The van der Waals surface area contributed by atoms with Gasteiger partial charge in [0.25, 0.3) is 0 Å². The summed E-state index contributed by atoms with van der Waals surface area (Å²) in [4.78, 5) is 0. The Balaban J connectivity index is 1.99. The van der Waals surface area contributed by atoms with Gasteiger partial charge in [-0.05, 0) is 55.8 Å². The molecule has 3 aliphatic rings. The Kier molecular flexibility index (Phi) is 2.18. The van der Waals surface area contributed by atoms with Gasteiger partial charge in [-0.25, -0.2) is 0 Å². The molecule has 0 radical (unpaired) electrons. The van der Waals surface area contributed by atoms with E-state index in [0.717, 1.165) is 17.8 Å². The van der Waals surface area contributed by atoms with Crippen LogP contribution in [0.4, 0.5) is 0 Å². The van der Waals surface area contributed by atoms with Crippen molar-refractivity contribution in [3.63, 3.8) is 0 Å². The Labute approximate surface area is 82.1 Å². The average molecular weight is 181 g/mol. The van der Waals surface area contributed by atoms with Gasteiger partial charge in [0.1, 0.15) is 0 Å². The first-order valence-corrected chi connectivity index (χ1v) is 5.77. The van der Waals surface area contributed by atoms with Gasteiger partial charge in [0, 0.05) is 6.04 Å². The minimum Gasteiger partial charge on any atom is -0.328 e. The van der Waals surface area contributed by atoms with Crippen LogP contribution >= 0.6 is 0 Å². The normalized spacial score (nSPS) is 43.8. The lowest BCUT2D eigenvalue weighted by atomic mass is 9.45. The molecule has 0 amide bonds. The molecule has 0 aromatic carbocycles. The summed E-state index contributed by atoms with van der Waals surface area (Å²) in [6, 6.07) is 0.401. The largest absolute Gasteiger partial charge is 0.328 e. The first-order chi connectivity index (χ1) is 6.01. The van der Waals surface area contributed by atoms with E-state index in [-0.39, 0.29) is 0 Å². The average Bonchev–Trinajstić information content (AvgIpc) is 2.03. The molecule has 3 aliphatic carbocycles. The van der Waals surface area contributed by atoms with Crippen LogP contribution in [0.15, 0.2) is 0 Å². The smallest absolute Gasteiger partial charge is 0.00132 e. The fraction of sp³-hybridized carbons (Fsp3) is 1.00. The molecule has 3 saturated carbocycles. The Morgan fingerprint density at radius 3 is 2.54 bits per heavy atom. The molecule has 0 saturated heterocycles. The van der Waals surface area contributed by atoms with Crippen LogP contribution in [0.25, 0.3) is 0 Å². The minimum atomic E-state index is 0.401. The number of nitrogens with two attached hydrogens (primary N) is 1. The molecule has 1 heteroatoms. The van der Waals surface area contributed by atoms with Gasteiger partial charge in [-0.2, -0.15) is 0 Å². The summed E-state index contributed by atoms with van der Waals surface area (Å²) in [7, 11) is 0. The molecular formula is C12H23N. The van der Waals surface area contributed by atoms with Crippen molar-refractivity contribution in [2.75, 3.05) is 0 Å². The van der Waals surface area contributed by atoms with Gasteiger partial charge in [0.05, 0.1) is 0 Å². The van der Waals surface area contributed by atoms with Crippen molar-refractivity contribution in [1.29, 1.82) is 0 Å². The third-order valence-corrected chi connectivity index (χ3v) is 4.68. The van der Waals surface area contributed by atoms with E-state index in [1.165, 1.54) is 25.7 Å². The van der Waals surface area contributed by atoms with Crippen molar-refractivity contribution in [2.24, 2.45) is 28.9 Å². The molecule has 0 heterocycles. The SMILES string of the molecule is C[C@H](N)CC1CCC2CC1C2(C)C. The Hall–Kier alpha value is -0.0400. The second kappa shape index (κ2) is 2.98. The lowest BCUT2D eigenvalue weighted by Gasteiger charge is -2.60. The lowest BCUT2D eigenvalue weighted by molar-refractivity contribution is -0.107. The maximum absolute atomic E-state index is 5.89. The van der Waals surface area contributed by atoms with Gasteiger partial charge >= 0.3 is 0 Å². The predicted molar refractivity (Wildman–Crippen MR) is 56.4 cm³/mol. The summed E-state index contributed by atoms with van der Waals surface area (Å²) < 4.78 is 0. The summed E-state index contributed by atoms with van der Waals surface area (Å²) in [5, 5.41) is 0. The zero-order valence-electron chi connectivity index (χ0n) is 9.22. The van der Waals surface area contributed by atoms with Gasteiger partial charge in [-0.3, -0.25) is 0 Å². The van der Waals surface area contributed by atoms with Crippen molar-refractivity contribution in [1.82, 2.24) is 0 Å². The maximum atomic E-state index is 5.89. The van der Waals surface area contributed by atoms with Crippen LogP contribution in [0, 0.1) is 23.2 Å². The van der Waals surface area contributed by atoms with Crippen LogP contribution in [0.3, 0.4) is 0 Å². The van der Waals surface area contributed by atoms with Crippen LogP contribution in [-0.2, 0) is 0 Å². The quantitative estimate of drug-likeness (QED) is 0.696. The van der Waals surface area contributed by atoms with Gasteiger partial charge in [-0.1, -0.05) is 13.8 Å². The number of fused-ring (bicyclic) bond motifs is 2. The molecule has 13 heavy (non-hydrogen) atoms. The standard InChI is InChI=1S/C12H23N/c1-8(13)6-9-4-5-10-7-11(9)12(10,2)3/h8-11H,4-7,13H2,1-3H3/t8-,9?,10?,11?/m0/s1. The van der Waals surface area contributed by atoms with Crippen LogP contribution in [0.1, 0.15) is 46.5 Å². The molecular weight excluding hydrogens is 158 g/mol. The van der Waals surface area contributed by atoms with Crippen LogP contribution in [-0.4, -0.2) is 6.04 Å². The summed E-state index contributed by atoms with van der Waals surface area (Å²) in [5.74, 6) is 2.94. The topological polar surface area (TPSA) is 26.0 Å². The van der Waals surface area contributed by atoms with Crippen LogP contribution in [0.5, 0.6) is 0 Å². The molecule has 3 fully saturated rings. The third-order valence-electron chi connectivity index (χ3n) is 4.68. The van der Waals surface area contributed by atoms with E-state index in [1.54, 1.807) is 0 Å². The summed E-state index contributed by atoms with van der Waals surface area (Å²) in [5.41, 5.74) is 6.53. The fourth-order valence-corrected chi connectivity index (χ4v) is 3.72. The second-order valence-corrected chi connectivity index (χ2v) is 5.91. The molecule has 0 aromatic heterocycles. The highest BCUT2D eigenvalue weighted by Crippen LogP contribution is 2.62. The molecule has 1 nitrogen and oxygen atoms in total. The maximum Gasteiger partial charge on any atom is 0.00132 e. The minimum absolute atomic E-state index is 0.401. The number of hydrogen-bond acceptors (Lipinski definition) is 1. The number of rotatable bonds is 2. The van der Waals surface area contributed by atoms with Crippen molar-refractivity contribution in [3.05, 3.63) is 0 Å².